The van der Waals surface area contributed by atoms with Crippen molar-refractivity contribution in [2.45, 2.75) is 57.1 Å². The number of β-amino-alcohol motifs (C(OH)–C–C–N with tert-alkyl or cyclic N) is 1. The minimum atomic E-state index is -0.938. The molecule has 1 aliphatic heterocycles. The highest BCUT2D eigenvalue weighted by Crippen LogP contribution is 2.25. The van der Waals surface area contributed by atoms with E-state index in [4.69, 9.17) is 9.47 Å². The maximum atomic E-state index is 11.1. The summed E-state index contributed by atoms with van der Waals surface area (Å²) in [7, 11) is 0. The molecule has 0 bridgehead atoms. The minimum absolute atomic E-state index is 0.277. The fourth-order valence-corrected chi connectivity index (χ4v) is 3.89. The van der Waals surface area contributed by atoms with E-state index in [1.54, 1.807) is 0 Å². The largest absolute Gasteiger partial charge is 0.490 e. The Balaban J connectivity index is 1.61. The first-order valence-electron chi connectivity index (χ1n) is 9.38. The highest BCUT2D eigenvalue weighted by atomic mass is 16.5. The summed E-state index contributed by atoms with van der Waals surface area (Å²) in [5, 5.41) is 11.1. The normalized spacial score (nSPS) is 27.4. The lowest BCUT2D eigenvalue weighted by Crippen LogP contribution is -2.51. The Bertz CT molecular complexity index is 513. The molecule has 1 N–H and O–H groups in total. The zero-order chi connectivity index (χ0) is 16.8. The molecule has 1 saturated heterocycles. The molecule has 0 unspecified atom stereocenters. The van der Waals surface area contributed by atoms with Crippen molar-refractivity contribution in [2.75, 3.05) is 32.9 Å². The van der Waals surface area contributed by atoms with Crippen LogP contribution in [0.2, 0.25) is 0 Å². The van der Waals surface area contributed by atoms with Crippen LogP contribution in [0.3, 0.4) is 0 Å². The van der Waals surface area contributed by atoms with Crippen molar-refractivity contribution in [3.8, 4) is 5.75 Å². The van der Waals surface area contributed by atoms with Crippen LogP contribution in [-0.4, -0.2) is 54.6 Å². The van der Waals surface area contributed by atoms with Gasteiger partial charge in [0.2, 0.25) is 0 Å². The Kier molecular flexibility index (Phi) is 6.14. The van der Waals surface area contributed by atoms with E-state index in [9.17, 15) is 5.11 Å². The molecule has 2 fully saturated rings. The van der Waals surface area contributed by atoms with Crippen molar-refractivity contribution in [3.05, 3.63) is 29.8 Å². The summed E-state index contributed by atoms with van der Waals surface area (Å²) in [5.74, 6) is 0.814. The van der Waals surface area contributed by atoms with Gasteiger partial charge in [-0.3, -0.25) is 4.90 Å². The third-order valence-electron chi connectivity index (χ3n) is 5.23. The van der Waals surface area contributed by atoms with Crippen LogP contribution in [0, 0.1) is 6.92 Å². The maximum Gasteiger partial charge on any atom is 0.134 e. The van der Waals surface area contributed by atoms with Crippen molar-refractivity contribution in [1.82, 2.24) is 4.90 Å². The predicted octanol–water partition coefficient (Wildman–Crippen LogP) is 3.16. The van der Waals surface area contributed by atoms with Gasteiger partial charge >= 0.3 is 0 Å². The van der Waals surface area contributed by atoms with Crippen LogP contribution < -0.4 is 4.74 Å². The monoisotopic (exact) mass is 333 g/mol. The van der Waals surface area contributed by atoms with E-state index in [2.05, 4.69) is 4.90 Å². The molecule has 0 aromatic heterocycles. The Hall–Kier alpha value is -1.10. The second-order valence-corrected chi connectivity index (χ2v) is 7.50. The van der Waals surface area contributed by atoms with Crippen molar-refractivity contribution >= 4 is 0 Å². The van der Waals surface area contributed by atoms with Crippen molar-refractivity contribution < 1.29 is 14.6 Å². The van der Waals surface area contributed by atoms with Crippen LogP contribution in [0.5, 0.6) is 5.75 Å². The lowest BCUT2D eigenvalue weighted by Gasteiger charge is -2.35. The highest BCUT2D eigenvalue weighted by molar-refractivity contribution is 5.27. The SMILES string of the molecule is Cc1cccc(OC[C@@]2(O)COCCN(C3CCCCCC3)C2)c1. The number of aliphatic hydroxyl groups is 1. The maximum absolute atomic E-state index is 11.1. The summed E-state index contributed by atoms with van der Waals surface area (Å²) in [5.41, 5.74) is 0.226. The molecule has 0 amide bonds. The standard InChI is InChI=1S/C20H31NO3/c1-17-7-6-10-19(13-17)24-16-20(22)14-21(11-12-23-15-20)18-8-4-2-3-5-9-18/h6-7,10,13,18,22H,2-5,8-9,11-12,14-16H2,1H3/t20-/m0/s1. The Morgan fingerprint density at radius 2 is 2.04 bits per heavy atom. The van der Waals surface area contributed by atoms with Gasteiger partial charge in [-0.25, -0.2) is 0 Å². The lowest BCUT2D eigenvalue weighted by molar-refractivity contribution is -0.0675. The van der Waals surface area contributed by atoms with Crippen LogP contribution in [0.1, 0.15) is 44.1 Å². The molecule has 0 spiro atoms. The molecule has 1 saturated carbocycles. The highest BCUT2D eigenvalue weighted by Gasteiger charge is 2.36. The molecule has 1 aromatic rings. The van der Waals surface area contributed by atoms with E-state index >= 15 is 0 Å². The first-order chi connectivity index (χ1) is 11.6. The number of hydrogen-bond donors (Lipinski definition) is 1. The molecule has 4 nitrogen and oxygen atoms in total. The van der Waals surface area contributed by atoms with Crippen molar-refractivity contribution in [2.24, 2.45) is 0 Å². The average Bonchev–Trinajstić information content (AvgIpc) is 2.94. The summed E-state index contributed by atoms with van der Waals surface area (Å²) in [4.78, 5) is 2.44. The Labute approximate surface area is 145 Å². The van der Waals surface area contributed by atoms with Gasteiger partial charge in [0.05, 0.1) is 13.2 Å². The number of ether oxygens (including phenoxy) is 2. The molecule has 2 aliphatic rings. The third-order valence-corrected chi connectivity index (χ3v) is 5.23. The van der Waals surface area contributed by atoms with E-state index in [0.717, 1.165) is 17.9 Å². The zero-order valence-corrected chi connectivity index (χ0v) is 14.9. The minimum Gasteiger partial charge on any atom is -0.490 e. The van der Waals surface area contributed by atoms with Crippen LogP contribution >= 0.6 is 0 Å². The van der Waals surface area contributed by atoms with Gasteiger partial charge in [0, 0.05) is 19.1 Å². The van der Waals surface area contributed by atoms with E-state index in [-0.39, 0.29) is 6.61 Å². The smallest absolute Gasteiger partial charge is 0.134 e. The first kappa shape index (κ1) is 17.7. The fraction of sp³-hybridized carbons (Fsp3) is 0.700. The number of hydrogen-bond acceptors (Lipinski definition) is 4. The summed E-state index contributed by atoms with van der Waals surface area (Å²) < 4.78 is 11.6. The van der Waals surface area contributed by atoms with Crippen molar-refractivity contribution in [3.63, 3.8) is 0 Å². The second kappa shape index (κ2) is 8.32. The van der Waals surface area contributed by atoms with Gasteiger partial charge in [-0.15, -0.1) is 0 Å². The van der Waals surface area contributed by atoms with Gasteiger partial charge in [0.15, 0.2) is 0 Å². The van der Waals surface area contributed by atoms with Gasteiger partial charge in [0.25, 0.3) is 0 Å². The summed E-state index contributed by atoms with van der Waals surface area (Å²) in [6, 6.07) is 8.56. The molecule has 1 aromatic carbocycles. The Morgan fingerprint density at radius 3 is 2.79 bits per heavy atom. The summed E-state index contributed by atoms with van der Waals surface area (Å²) >= 11 is 0. The molecule has 4 heteroatoms. The van der Waals surface area contributed by atoms with E-state index in [1.807, 2.05) is 31.2 Å². The first-order valence-corrected chi connectivity index (χ1v) is 9.38. The topological polar surface area (TPSA) is 41.9 Å². The second-order valence-electron chi connectivity index (χ2n) is 7.50. The molecular weight excluding hydrogens is 302 g/mol. The molecule has 24 heavy (non-hydrogen) atoms. The summed E-state index contributed by atoms with van der Waals surface area (Å²) in [6.07, 6.45) is 7.80. The number of benzene rings is 1. The average molecular weight is 333 g/mol. The quantitative estimate of drug-likeness (QED) is 0.860. The molecule has 0 radical (unpaired) electrons. The van der Waals surface area contributed by atoms with Crippen molar-refractivity contribution in [1.29, 1.82) is 0 Å². The van der Waals surface area contributed by atoms with Gasteiger partial charge in [0.1, 0.15) is 18.0 Å². The van der Waals surface area contributed by atoms with Gasteiger partial charge in [-0.05, 0) is 37.5 Å². The van der Waals surface area contributed by atoms with Crippen LogP contribution in [0.25, 0.3) is 0 Å². The number of rotatable bonds is 4. The molecular formula is C20H31NO3. The van der Waals surface area contributed by atoms with E-state index in [0.29, 0.717) is 25.8 Å². The molecule has 1 aliphatic carbocycles. The zero-order valence-electron chi connectivity index (χ0n) is 14.9. The summed E-state index contributed by atoms with van der Waals surface area (Å²) in [6.45, 7) is 4.93. The lowest BCUT2D eigenvalue weighted by atomic mass is 10.0. The van der Waals surface area contributed by atoms with Gasteiger partial charge in [-0.1, -0.05) is 37.8 Å². The van der Waals surface area contributed by atoms with Crippen LogP contribution in [0.15, 0.2) is 24.3 Å². The predicted molar refractivity (Wildman–Crippen MR) is 95.5 cm³/mol. The molecule has 1 atom stereocenters. The third kappa shape index (κ3) is 4.95. The molecule has 1 heterocycles. The fourth-order valence-electron chi connectivity index (χ4n) is 3.89. The van der Waals surface area contributed by atoms with Crippen LogP contribution in [-0.2, 0) is 4.74 Å². The van der Waals surface area contributed by atoms with Gasteiger partial charge < -0.3 is 14.6 Å². The molecule has 3 rings (SSSR count). The van der Waals surface area contributed by atoms with E-state index in [1.165, 1.54) is 38.5 Å². The number of nitrogens with zero attached hydrogens (tertiary/aromatic N) is 1. The van der Waals surface area contributed by atoms with E-state index < -0.39 is 5.60 Å². The van der Waals surface area contributed by atoms with Gasteiger partial charge in [-0.2, -0.15) is 0 Å². The molecule has 134 valence electrons. The number of aryl methyl sites for hydroxylation is 1. The Morgan fingerprint density at radius 1 is 1.25 bits per heavy atom. The van der Waals surface area contributed by atoms with Crippen LogP contribution in [0.4, 0.5) is 0 Å².